The van der Waals surface area contributed by atoms with Crippen LogP contribution >= 0.6 is 0 Å². The van der Waals surface area contributed by atoms with Gasteiger partial charge in [0.15, 0.2) is 11.5 Å². The Balaban J connectivity index is 1.86. The number of aromatic nitrogens is 3. The number of phenolic OH excluding ortho intramolecular Hbond substituents is 1. The van der Waals surface area contributed by atoms with Crippen molar-refractivity contribution in [3.63, 3.8) is 0 Å². The van der Waals surface area contributed by atoms with E-state index in [0.717, 1.165) is 0 Å². The molecule has 3 aromatic rings. The van der Waals surface area contributed by atoms with Crippen LogP contribution in [0.15, 0.2) is 42.9 Å². The minimum atomic E-state index is -0.386. The standard InChI is InChI=1S/C17H18N4O3/c1-3-12(13-10-21-9-5-8-18-17(21)20-13)19-16(23)11-6-4-7-14(24-2)15(11)22/h4-10,12,22H,3H2,1-2H3,(H,19,23)/t12-/m0/s1. The summed E-state index contributed by atoms with van der Waals surface area (Å²) in [6.07, 6.45) is 6.00. The third-order valence-electron chi connectivity index (χ3n) is 3.79. The third kappa shape index (κ3) is 2.88. The van der Waals surface area contributed by atoms with Crippen LogP contribution < -0.4 is 10.1 Å². The Morgan fingerprint density at radius 1 is 1.42 bits per heavy atom. The number of methoxy groups -OCH3 is 1. The molecule has 0 aliphatic carbocycles. The number of para-hydroxylation sites is 1. The number of amides is 1. The molecule has 0 saturated carbocycles. The predicted octanol–water partition coefficient (Wildman–Crippen LogP) is 2.32. The summed E-state index contributed by atoms with van der Waals surface area (Å²) in [6.45, 7) is 1.95. The SMILES string of the molecule is CC[C@H](NC(=O)c1cccc(OC)c1O)c1cn2cccnc2n1. The maximum Gasteiger partial charge on any atom is 0.255 e. The molecule has 0 spiro atoms. The predicted molar refractivity (Wildman–Crippen MR) is 88.1 cm³/mol. The van der Waals surface area contributed by atoms with Gasteiger partial charge >= 0.3 is 0 Å². The van der Waals surface area contributed by atoms with Crippen molar-refractivity contribution in [2.24, 2.45) is 0 Å². The van der Waals surface area contributed by atoms with Gasteiger partial charge in [0.25, 0.3) is 5.91 Å². The van der Waals surface area contributed by atoms with Crippen molar-refractivity contribution >= 4 is 11.7 Å². The molecule has 0 bridgehead atoms. The third-order valence-corrected chi connectivity index (χ3v) is 3.79. The number of hydrogen-bond donors (Lipinski definition) is 2. The van der Waals surface area contributed by atoms with Crippen molar-refractivity contribution < 1.29 is 14.6 Å². The molecular weight excluding hydrogens is 308 g/mol. The van der Waals surface area contributed by atoms with Crippen molar-refractivity contribution in [3.05, 3.63) is 54.1 Å². The molecule has 0 saturated heterocycles. The summed E-state index contributed by atoms with van der Waals surface area (Å²) >= 11 is 0. The molecule has 2 heterocycles. The minimum absolute atomic E-state index is 0.162. The maximum absolute atomic E-state index is 12.5. The molecule has 1 amide bonds. The van der Waals surface area contributed by atoms with Gasteiger partial charge in [-0.05, 0) is 24.6 Å². The molecule has 124 valence electrons. The molecule has 2 N–H and O–H groups in total. The lowest BCUT2D eigenvalue weighted by atomic mass is 10.1. The van der Waals surface area contributed by atoms with Crippen LogP contribution in [0.1, 0.15) is 35.4 Å². The van der Waals surface area contributed by atoms with Crippen LogP contribution in [0.25, 0.3) is 5.78 Å². The van der Waals surface area contributed by atoms with E-state index < -0.39 is 0 Å². The van der Waals surface area contributed by atoms with Crippen LogP contribution in [0.4, 0.5) is 0 Å². The van der Waals surface area contributed by atoms with E-state index in [4.69, 9.17) is 4.74 Å². The molecule has 0 aliphatic heterocycles. The van der Waals surface area contributed by atoms with Gasteiger partial charge in [0, 0.05) is 18.6 Å². The molecule has 24 heavy (non-hydrogen) atoms. The number of phenols is 1. The number of nitrogens with one attached hydrogen (secondary N) is 1. The molecule has 3 rings (SSSR count). The summed E-state index contributed by atoms with van der Waals surface area (Å²) in [4.78, 5) is 21.1. The van der Waals surface area contributed by atoms with Crippen LogP contribution in [-0.2, 0) is 0 Å². The Morgan fingerprint density at radius 3 is 2.96 bits per heavy atom. The summed E-state index contributed by atoms with van der Waals surface area (Å²) in [5.41, 5.74) is 0.877. The number of imidazole rings is 1. The Morgan fingerprint density at radius 2 is 2.25 bits per heavy atom. The summed E-state index contributed by atoms with van der Waals surface area (Å²) in [5.74, 6) is 0.268. The van der Waals surface area contributed by atoms with Gasteiger partial charge < -0.3 is 15.2 Å². The van der Waals surface area contributed by atoms with E-state index in [9.17, 15) is 9.90 Å². The van der Waals surface area contributed by atoms with E-state index in [-0.39, 0.29) is 29.0 Å². The maximum atomic E-state index is 12.5. The van der Waals surface area contributed by atoms with Gasteiger partial charge in [0.2, 0.25) is 5.78 Å². The van der Waals surface area contributed by atoms with E-state index >= 15 is 0 Å². The second-order valence-electron chi connectivity index (χ2n) is 5.28. The number of rotatable bonds is 5. The highest BCUT2D eigenvalue weighted by atomic mass is 16.5. The Kier molecular flexibility index (Phi) is 4.33. The van der Waals surface area contributed by atoms with E-state index in [1.54, 1.807) is 28.8 Å². The number of carbonyl (C=O) groups is 1. The average Bonchev–Trinajstić information content (AvgIpc) is 3.03. The zero-order valence-corrected chi connectivity index (χ0v) is 13.4. The second-order valence-corrected chi connectivity index (χ2v) is 5.28. The largest absolute Gasteiger partial charge is 0.504 e. The van der Waals surface area contributed by atoms with Crippen LogP contribution in [0.3, 0.4) is 0 Å². The number of nitrogens with zero attached hydrogens (tertiary/aromatic N) is 3. The number of ether oxygens (including phenoxy) is 1. The Bertz CT molecular complexity index is 842. The topological polar surface area (TPSA) is 88.8 Å². The minimum Gasteiger partial charge on any atom is -0.504 e. The Labute approximate surface area is 138 Å². The van der Waals surface area contributed by atoms with Crippen LogP contribution in [-0.4, -0.2) is 32.5 Å². The highest BCUT2D eigenvalue weighted by molar-refractivity contribution is 5.97. The quantitative estimate of drug-likeness (QED) is 0.751. The summed E-state index contributed by atoms with van der Waals surface area (Å²) in [7, 11) is 1.44. The molecular formula is C17H18N4O3. The van der Waals surface area contributed by atoms with Crippen LogP contribution in [0.5, 0.6) is 11.5 Å². The highest BCUT2D eigenvalue weighted by Gasteiger charge is 2.20. The average molecular weight is 326 g/mol. The smallest absolute Gasteiger partial charge is 0.255 e. The van der Waals surface area contributed by atoms with Gasteiger partial charge in [-0.2, -0.15) is 0 Å². The Hall–Kier alpha value is -3.09. The lowest BCUT2D eigenvalue weighted by Crippen LogP contribution is -2.28. The molecule has 0 aliphatic rings. The number of fused-ring (bicyclic) bond motifs is 1. The van der Waals surface area contributed by atoms with E-state index in [1.165, 1.54) is 7.11 Å². The van der Waals surface area contributed by atoms with Gasteiger partial charge in [-0.15, -0.1) is 0 Å². The molecule has 1 aromatic carbocycles. The van der Waals surface area contributed by atoms with Crippen LogP contribution in [0.2, 0.25) is 0 Å². The summed E-state index contributed by atoms with van der Waals surface area (Å²) < 4.78 is 6.84. The first-order valence-corrected chi connectivity index (χ1v) is 7.60. The van der Waals surface area contributed by atoms with Gasteiger partial charge in [-0.1, -0.05) is 13.0 Å². The summed E-state index contributed by atoms with van der Waals surface area (Å²) in [6, 6.07) is 6.32. The van der Waals surface area contributed by atoms with Crippen LogP contribution in [0, 0.1) is 0 Å². The van der Waals surface area contributed by atoms with E-state index in [2.05, 4.69) is 15.3 Å². The van der Waals surface area contributed by atoms with Crippen molar-refractivity contribution in [1.29, 1.82) is 0 Å². The first kappa shape index (κ1) is 15.8. The fourth-order valence-corrected chi connectivity index (χ4v) is 2.51. The number of aromatic hydroxyl groups is 1. The molecule has 0 unspecified atom stereocenters. The number of benzene rings is 1. The van der Waals surface area contributed by atoms with Gasteiger partial charge in [0.05, 0.1) is 24.4 Å². The van der Waals surface area contributed by atoms with Gasteiger partial charge in [-0.25, -0.2) is 9.97 Å². The summed E-state index contributed by atoms with van der Waals surface area (Å²) in [5, 5.41) is 13.0. The molecule has 7 nitrogen and oxygen atoms in total. The zero-order valence-electron chi connectivity index (χ0n) is 13.4. The van der Waals surface area contributed by atoms with E-state index in [1.807, 2.05) is 25.4 Å². The van der Waals surface area contributed by atoms with Crippen molar-refractivity contribution in [1.82, 2.24) is 19.7 Å². The molecule has 0 fully saturated rings. The monoisotopic (exact) mass is 326 g/mol. The molecule has 0 radical (unpaired) electrons. The van der Waals surface area contributed by atoms with Crippen molar-refractivity contribution in [3.8, 4) is 11.5 Å². The fourth-order valence-electron chi connectivity index (χ4n) is 2.51. The second kappa shape index (κ2) is 6.57. The number of carbonyl (C=O) groups excluding carboxylic acids is 1. The lowest BCUT2D eigenvalue weighted by Gasteiger charge is -2.16. The molecule has 2 aromatic heterocycles. The van der Waals surface area contributed by atoms with Gasteiger partial charge in [0.1, 0.15) is 0 Å². The van der Waals surface area contributed by atoms with Crippen molar-refractivity contribution in [2.45, 2.75) is 19.4 Å². The van der Waals surface area contributed by atoms with Crippen molar-refractivity contribution in [2.75, 3.05) is 7.11 Å². The number of hydrogen-bond acceptors (Lipinski definition) is 5. The fraction of sp³-hybridized carbons (Fsp3) is 0.235. The zero-order chi connectivity index (χ0) is 17.1. The lowest BCUT2D eigenvalue weighted by molar-refractivity contribution is 0.0931. The van der Waals surface area contributed by atoms with E-state index in [0.29, 0.717) is 17.9 Å². The normalized spacial score (nSPS) is 12.1. The first-order chi connectivity index (χ1) is 11.6. The molecule has 7 heteroatoms. The highest BCUT2D eigenvalue weighted by Crippen LogP contribution is 2.29. The molecule has 1 atom stereocenters. The first-order valence-electron chi connectivity index (χ1n) is 7.60. The van der Waals surface area contributed by atoms with Gasteiger partial charge in [-0.3, -0.25) is 9.20 Å².